The van der Waals surface area contributed by atoms with Gasteiger partial charge in [0.25, 0.3) is 0 Å². The van der Waals surface area contributed by atoms with Crippen molar-refractivity contribution in [3.8, 4) is 0 Å². The molecule has 1 heterocycles. The van der Waals surface area contributed by atoms with E-state index in [9.17, 15) is 0 Å². The van der Waals surface area contributed by atoms with E-state index in [-0.39, 0.29) is 0 Å². The fourth-order valence-corrected chi connectivity index (χ4v) is 3.86. The SMILES string of the molecule is CC1CC(C)CC(NC2CCN(C)C(C)C2)C1. The first-order valence-corrected chi connectivity index (χ1v) is 7.51. The second-order valence-corrected chi connectivity index (χ2v) is 6.83. The summed E-state index contributed by atoms with van der Waals surface area (Å²) < 4.78 is 0. The number of nitrogens with one attached hydrogen (secondary N) is 1. The molecule has 2 aliphatic rings. The van der Waals surface area contributed by atoms with Gasteiger partial charge in [0.15, 0.2) is 0 Å². The predicted octanol–water partition coefficient (Wildman–Crippen LogP) is 2.88. The molecule has 1 saturated heterocycles. The maximum Gasteiger partial charge on any atom is 0.00966 e. The fraction of sp³-hybridized carbons (Fsp3) is 1.00. The van der Waals surface area contributed by atoms with Gasteiger partial charge in [0.1, 0.15) is 0 Å². The molecule has 100 valence electrons. The minimum atomic E-state index is 0.750. The number of hydrogen-bond donors (Lipinski definition) is 1. The lowest BCUT2D eigenvalue weighted by atomic mass is 9.80. The molecule has 2 rings (SSSR count). The normalized spacial score (nSPS) is 44.8. The third-order valence-corrected chi connectivity index (χ3v) is 4.86. The van der Waals surface area contributed by atoms with Gasteiger partial charge < -0.3 is 10.2 Å². The summed E-state index contributed by atoms with van der Waals surface area (Å²) >= 11 is 0. The van der Waals surface area contributed by atoms with Crippen molar-refractivity contribution in [2.45, 2.75) is 71.0 Å². The topological polar surface area (TPSA) is 15.3 Å². The van der Waals surface area contributed by atoms with Crippen LogP contribution in [0.25, 0.3) is 0 Å². The quantitative estimate of drug-likeness (QED) is 0.796. The van der Waals surface area contributed by atoms with E-state index in [0.29, 0.717) is 0 Å². The summed E-state index contributed by atoms with van der Waals surface area (Å²) in [5.41, 5.74) is 0. The third kappa shape index (κ3) is 3.69. The summed E-state index contributed by atoms with van der Waals surface area (Å²) in [6, 6.07) is 2.30. The summed E-state index contributed by atoms with van der Waals surface area (Å²) in [5.74, 6) is 1.83. The Hall–Kier alpha value is -0.0800. The molecular weight excluding hydrogens is 208 g/mol. The van der Waals surface area contributed by atoms with Crippen LogP contribution in [0.1, 0.15) is 52.9 Å². The Morgan fingerprint density at radius 1 is 0.882 bits per heavy atom. The zero-order valence-electron chi connectivity index (χ0n) is 12.1. The molecule has 4 atom stereocenters. The molecule has 0 spiro atoms. The molecular formula is C15H30N2. The average Bonchev–Trinajstić information content (AvgIpc) is 2.22. The van der Waals surface area contributed by atoms with Crippen molar-refractivity contribution < 1.29 is 0 Å². The van der Waals surface area contributed by atoms with Gasteiger partial charge in [-0.1, -0.05) is 13.8 Å². The lowest BCUT2D eigenvalue weighted by Crippen LogP contribution is -2.50. The monoisotopic (exact) mass is 238 g/mol. The molecule has 0 aromatic heterocycles. The number of rotatable bonds is 2. The van der Waals surface area contributed by atoms with E-state index in [0.717, 1.165) is 30.0 Å². The van der Waals surface area contributed by atoms with Gasteiger partial charge >= 0.3 is 0 Å². The summed E-state index contributed by atoms with van der Waals surface area (Å²) in [6.45, 7) is 8.46. The van der Waals surface area contributed by atoms with Gasteiger partial charge in [-0.05, 0) is 64.5 Å². The van der Waals surface area contributed by atoms with Crippen molar-refractivity contribution in [3.63, 3.8) is 0 Å². The molecule has 4 unspecified atom stereocenters. The first kappa shape index (κ1) is 13.4. The van der Waals surface area contributed by atoms with Gasteiger partial charge in [0.05, 0.1) is 0 Å². The lowest BCUT2D eigenvalue weighted by molar-refractivity contribution is 0.145. The minimum absolute atomic E-state index is 0.750. The number of likely N-dealkylation sites (tertiary alicyclic amines) is 1. The Bertz CT molecular complexity index is 231. The molecule has 1 aliphatic carbocycles. The number of hydrogen-bond acceptors (Lipinski definition) is 2. The molecule has 1 aliphatic heterocycles. The summed E-state index contributed by atoms with van der Waals surface area (Å²) in [4.78, 5) is 2.49. The van der Waals surface area contributed by atoms with Crippen LogP contribution >= 0.6 is 0 Å². The van der Waals surface area contributed by atoms with E-state index in [2.05, 4.69) is 38.0 Å². The van der Waals surface area contributed by atoms with Crippen LogP contribution in [0, 0.1) is 11.8 Å². The Balaban J connectivity index is 1.80. The Kier molecular flexibility index (Phi) is 4.48. The lowest BCUT2D eigenvalue weighted by Gasteiger charge is -2.40. The highest BCUT2D eigenvalue weighted by Gasteiger charge is 2.28. The average molecular weight is 238 g/mol. The Labute approximate surface area is 107 Å². The summed E-state index contributed by atoms with van der Waals surface area (Å²) in [5, 5.41) is 3.94. The zero-order chi connectivity index (χ0) is 12.4. The van der Waals surface area contributed by atoms with Crippen molar-refractivity contribution in [1.29, 1.82) is 0 Å². The molecule has 2 nitrogen and oxygen atoms in total. The molecule has 17 heavy (non-hydrogen) atoms. The van der Waals surface area contributed by atoms with E-state index in [1.807, 2.05) is 0 Å². The van der Waals surface area contributed by atoms with E-state index in [1.165, 1.54) is 38.6 Å². The van der Waals surface area contributed by atoms with Crippen LogP contribution in [0.2, 0.25) is 0 Å². The highest BCUT2D eigenvalue weighted by Crippen LogP contribution is 2.29. The van der Waals surface area contributed by atoms with Crippen molar-refractivity contribution in [2.24, 2.45) is 11.8 Å². The van der Waals surface area contributed by atoms with E-state index in [1.54, 1.807) is 0 Å². The smallest absolute Gasteiger partial charge is 0.00966 e. The molecule has 1 saturated carbocycles. The fourth-order valence-electron chi connectivity index (χ4n) is 3.86. The molecule has 2 heteroatoms. The second-order valence-electron chi connectivity index (χ2n) is 6.83. The van der Waals surface area contributed by atoms with Crippen LogP contribution in [0.4, 0.5) is 0 Å². The molecule has 0 aromatic carbocycles. The standard InChI is InChI=1S/C15H30N2/c1-11-7-12(2)9-15(8-11)16-14-5-6-17(4)13(3)10-14/h11-16H,5-10H2,1-4H3. The third-order valence-electron chi connectivity index (χ3n) is 4.86. The molecule has 2 fully saturated rings. The summed E-state index contributed by atoms with van der Waals surface area (Å²) in [6.07, 6.45) is 6.88. The maximum absolute atomic E-state index is 3.94. The van der Waals surface area contributed by atoms with Gasteiger partial charge in [0.2, 0.25) is 0 Å². The molecule has 0 aromatic rings. The van der Waals surface area contributed by atoms with Crippen LogP contribution in [-0.2, 0) is 0 Å². The maximum atomic E-state index is 3.94. The molecule has 0 bridgehead atoms. The Morgan fingerprint density at radius 2 is 1.53 bits per heavy atom. The molecule has 0 radical (unpaired) electrons. The van der Waals surface area contributed by atoms with Crippen LogP contribution in [0.3, 0.4) is 0 Å². The number of nitrogens with zero attached hydrogens (tertiary/aromatic N) is 1. The summed E-state index contributed by atoms with van der Waals surface area (Å²) in [7, 11) is 2.26. The van der Waals surface area contributed by atoms with Gasteiger partial charge in [-0.2, -0.15) is 0 Å². The van der Waals surface area contributed by atoms with Gasteiger partial charge in [0, 0.05) is 18.1 Å². The van der Waals surface area contributed by atoms with Crippen molar-refractivity contribution in [2.75, 3.05) is 13.6 Å². The molecule has 0 amide bonds. The Morgan fingerprint density at radius 3 is 2.12 bits per heavy atom. The van der Waals surface area contributed by atoms with Gasteiger partial charge in [-0.3, -0.25) is 0 Å². The highest BCUT2D eigenvalue weighted by atomic mass is 15.1. The highest BCUT2D eigenvalue weighted by molar-refractivity contribution is 4.87. The van der Waals surface area contributed by atoms with E-state index in [4.69, 9.17) is 0 Å². The zero-order valence-corrected chi connectivity index (χ0v) is 12.1. The van der Waals surface area contributed by atoms with Crippen molar-refractivity contribution >= 4 is 0 Å². The second kappa shape index (κ2) is 5.71. The largest absolute Gasteiger partial charge is 0.311 e. The predicted molar refractivity (Wildman–Crippen MR) is 74.2 cm³/mol. The van der Waals surface area contributed by atoms with Gasteiger partial charge in [-0.25, -0.2) is 0 Å². The molecule has 1 N–H and O–H groups in total. The van der Waals surface area contributed by atoms with Crippen molar-refractivity contribution in [1.82, 2.24) is 10.2 Å². The van der Waals surface area contributed by atoms with E-state index < -0.39 is 0 Å². The van der Waals surface area contributed by atoms with Crippen LogP contribution in [0.15, 0.2) is 0 Å². The first-order chi connectivity index (χ1) is 8.04. The number of piperidine rings is 1. The minimum Gasteiger partial charge on any atom is -0.311 e. The van der Waals surface area contributed by atoms with Crippen LogP contribution in [-0.4, -0.2) is 36.6 Å². The van der Waals surface area contributed by atoms with E-state index >= 15 is 0 Å². The van der Waals surface area contributed by atoms with Gasteiger partial charge in [-0.15, -0.1) is 0 Å². The van der Waals surface area contributed by atoms with Crippen LogP contribution < -0.4 is 5.32 Å². The van der Waals surface area contributed by atoms with Crippen molar-refractivity contribution in [3.05, 3.63) is 0 Å². The van der Waals surface area contributed by atoms with Crippen LogP contribution in [0.5, 0.6) is 0 Å². The first-order valence-electron chi connectivity index (χ1n) is 7.51.